The number of rotatable bonds is 13. The molecule has 1 aromatic heterocycles. The lowest BCUT2D eigenvalue weighted by atomic mass is 9.98. The van der Waals surface area contributed by atoms with Crippen LogP contribution >= 0.6 is 8.18 Å². The predicted octanol–water partition coefficient (Wildman–Crippen LogP) is 1.29. The van der Waals surface area contributed by atoms with E-state index >= 15 is 4.39 Å². The minimum Gasteiger partial charge on any atom is -0.481 e. The van der Waals surface area contributed by atoms with Crippen LogP contribution in [0.1, 0.15) is 32.9 Å². The minimum absolute atomic E-state index is 0.0639. The molecule has 1 aliphatic rings. The average Bonchev–Trinajstić information content (AvgIpc) is 3.11. The Morgan fingerprint density at radius 2 is 1.97 bits per heavy atom. The Bertz CT molecular complexity index is 1290. The molecule has 2 heterocycles. The van der Waals surface area contributed by atoms with Crippen LogP contribution in [0.5, 0.6) is 5.75 Å². The second-order valence-electron chi connectivity index (χ2n) is 8.72. The summed E-state index contributed by atoms with van der Waals surface area (Å²) in [6.07, 6.45) is -4.01. The highest BCUT2D eigenvalue weighted by molar-refractivity contribution is 7.36. The molecule has 14 nitrogen and oxygen atoms in total. The van der Waals surface area contributed by atoms with E-state index in [4.69, 9.17) is 23.9 Å². The molecule has 212 valence electrons. The van der Waals surface area contributed by atoms with Crippen molar-refractivity contribution in [3.8, 4) is 5.75 Å². The first-order valence-electron chi connectivity index (χ1n) is 11.8. The number of benzene rings is 1. The number of nitrogens with zero attached hydrogens (tertiary/aromatic N) is 2. The average molecular weight is 572 g/mol. The van der Waals surface area contributed by atoms with E-state index in [0.717, 1.165) is 23.8 Å². The number of aliphatic hydroxyl groups excluding tert-OH is 1. The maximum atomic E-state index is 15.4. The number of carbonyl (C=O) groups is 2. The number of carboxylic acid groups (broad SMARTS) is 1. The number of alkyl halides is 1. The summed E-state index contributed by atoms with van der Waals surface area (Å²) in [5, 5.41) is 19.2. The van der Waals surface area contributed by atoms with Crippen molar-refractivity contribution in [3.63, 3.8) is 0 Å². The van der Waals surface area contributed by atoms with Crippen LogP contribution in [0.25, 0.3) is 0 Å². The van der Waals surface area contributed by atoms with Gasteiger partial charge in [-0.05, 0) is 37.0 Å². The number of hydrogen-bond donors (Lipinski definition) is 3. The van der Waals surface area contributed by atoms with Gasteiger partial charge in [-0.15, -0.1) is 4.52 Å². The highest BCUT2D eigenvalue weighted by atomic mass is 31.1. The van der Waals surface area contributed by atoms with Gasteiger partial charge in [-0.2, -0.15) is 0 Å². The van der Waals surface area contributed by atoms with Gasteiger partial charge in [0.25, 0.3) is 5.56 Å². The number of hydroxylamine groups is 1. The van der Waals surface area contributed by atoms with Crippen molar-refractivity contribution in [2.24, 2.45) is 0 Å². The summed E-state index contributed by atoms with van der Waals surface area (Å²) in [6.45, 7) is 1.47. The molecule has 1 saturated heterocycles. The maximum Gasteiger partial charge on any atom is 0.653 e. The number of aliphatic hydroxyl groups is 1. The van der Waals surface area contributed by atoms with Crippen LogP contribution < -0.4 is 16.1 Å². The highest BCUT2D eigenvalue weighted by Crippen LogP contribution is 2.42. The molecule has 0 bridgehead atoms. The first kappa shape index (κ1) is 30.1. The van der Waals surface area contributed by atoms with Gasteiger partial charge in [0.1, 0.15) is 23.6 Å². The number of halogens is 1. The van der Waals surface area contributed by atoms with Crippen molar-refractivity contribution in [1.82, 2.24) is 14.4 Å². The molecule has 0 spiro atoms. The molecule has 3 unspecified atom stereocenters. The molecule has 1 aromatic carbocycles. The second kappa shape index (κ2) is 13.0. The number of ether oxygens (including phenoxy) is 2. The lowest BCUT2D eigenvalue weighted by molar-refractivity contribution is -0.156. The normalized spacial score (nSPS) is 23.8. The van der Waals surface area contributed by atoms with Gasteiger partial charge in [0.05, 0.1) is 6.61 Å². The third kappa shape index (κ3) is 7.55. The Morgan fingerprint density at radius 3 is 2.62 bits per heavy atom. The number of carbonyl (C=O) groups excluding carboxylic acids is 1. The van der Waals surface area contributed by atoms with Crippen LogP contribution in [0.15, 0.2) is 52.2 Å². The van der Waals surface area contributed by atoms with Gasteiger partial charge >= 0.3 is 25.8 Å². The molecule has 1 fully saturated rings. The molecule has 0 aliphatic carbocycles. The maximum absolute atomic E-state index is 15.4. The molecule has 39 heavy (non-hydrogen) atoms. The SMILES string of the molecule is CC(C(=O)OCCCC(=O)O)N(Oc1ccccc1)[P+](=O)OC[C@H]1OC(n2ccc(=O)[nH]c2=O)[C@](C)(F)[C@@H]1O. The zero-order chi connectivity index (χ0) is 28.7. The fourth-order valence-corrected chi connectivity index (χ4v) is 4.53. The second-order valence-corrected chi connectivity index (χ2v) is 9.85. The van der Waals surface area contributed by atoms with Gasteiger partial charge in [-0.1, -0.05) is 18.2 Å². The van der Waals surface area contributed by atoms with E-state index < -0.39 is 68.1 Å². The largest absolute Gasteiger partial charge is 0.653 e. The Morgan fingerprint density at radius 1 is 1.28 bits per heavy atom. The topological polar surface area (TPSA) is 187 Å². The third-order valence-corrected chi connectivity index (χ3v) is 6.84. The van der Waals surface area contributed by atoms with E-state index in [-0.39, 0.29) is 25.2 Å². The van der Waals surface area contributed by atoms with E-state index in [0.29, 0.717) is 4.83 Å². The standard InChI is InChI=1S/C23H27FN3O11P/c1-14(20(32)35-12-6-9-18(29)30)27(38-15-7-4-3-5-8-15)39(34)36-13-16-19(31)23(2,24)21(37-16)26-11-10-17(28)25-22(26)33/h3-5,7-8,10-11,14,16,19,21,31H,6,9,12-13H2,1-2H3,(H-,25,28,29,30,33)/p+1/t14?,16-,19-,21?,23-/m1/s1. The summed E-state index contributed by atoms with van der Waals surface area (Å²) in [7, 11) is -2.98. The van der Waals surface area contributed by atoms with Crippen molar-refractivity contribution in [3.05, 3.63) is 63.4 Å². The molecular weight excluding hydrogens is 544 g/mol. The van der Waals surface area contributed by atoms with E-state index in [1.807, 2.05) is 4.98 Å². The lowest BCUT2D eigenvalue weighted by Gasteiger charge is -2.24. The smallest absolute Gasteiger partial charge is 0.481 e. The van der Waals surface area contributed by atoms with Gasteiger partial charge in [0.15, 0.2) is 23.7 Å². The van der Waals surface area contributed by atoms with Gasteiger partial charge in [0, 0.05) is 18.7 Å². The number of aromatic amines is 1. The predicted molar refractivity (Wildman–Crippen MR) is 131 cm³/mol. The summed E-state index contributed by atoms with van der Waals surface area (Å²) < 4.78 is 45.1. The van der Waals surface area contributed by atoms with Crippen LogP contribution in [0, 0.1) is 0 Å². The summed E-state index contributed by atoms with van der Waals surface area (Å²) in [6, 6.07) is 7.67. The molecule has 0 amide bonds. The summed E-state index contributed by atoms with van der Waals surface area (Å²) in [4.78, 5) is 54.9. The van der Waals surface area contributed by atoms with E-state index in [2.05, 4.69) is 0 Å². The number of H-pyrrole nitrogens is 1. The van der Waals surface area contributed by atoms with Crippen LogP contribution in [-0.4, -0.2) is 73.7 Å². The summed E-state index contributed by atoms with van der Waals surface area (Å²) >= 11 is 0. The quantitative estimate of drug-likeness (QED) is 0.135. The van der Waals surface area contributed by atoms with Gasteiger partial charge in [-0.3, -0.25) is 23.9 Å². The number of nitrogens with one attached hydrogen (secondary N) is 1. The number of aromatic nitrogens is 2. The number of esters is 1. The van der Waals surface area contributed by atoms with Crippen molar-refractivity contribution in [2.75, 3.05) is 13.2 Å². The Kier molecular flexibility index (Phi) is 10.1. The Hall–Kier alpha value is -3.49. The van der Waals surface area contributed by atoms with Crippen molar-refractivity contribution < 1.29 is 47.6 Å². The van der Waals surface area contributed by atoms with E-state index in [1.54, 1.807) is 18.2 Å². The summed E-state index contributed by atoms with van der Waals surface area (Å²) in [5.74, 6) is -1.74. The lowest BCUT2D eigenvalue weighted by Crippen LogP contribution is -2.43. The van der Waals surface area contributed by atoms with E-state index in [9.17, 15) is 28.8 Å². The number of aliphatic carboxylic acids is 1. The minimum atomic E-state index is -2.98. The van der Waals surface area contributed by atoms with Crippen molar-refractivity contribution in [1.29, 1.82) is 0 Å². The fourth-order valence-electron chi connectivity index (χ4n) is 3.61. The van der Waals surface area contributed by atoms with Crippen LogP contribution in [0.3, 0.4) is 0 Å². The summed E-state index contributed by atoms with van der Waals surface area (Å²) in [5.41, 5.74) is -4.18. The highest BCUT2D eigenvalue weighted by Gasteiger charge is 2.56. The molecule has 3 rings (SSSR count). The molecule has 16 heteroatoms. The monoisotopic (exact) mass is 572 g/mol. The van der Waals surface area contributed by atoms with Gasteiger partial charge < -0.3 is 24.5 Å². The number of hydrogen-bond acceptors (Lipinski definition) is 10. The molecule has 3 N–H and O–H groups in total. The Labute approximate surface area is 221 Å². The molecule has 0 radical (unpaired) electrons. The van der Waals surface area contributed by atoms with Gasteiger partial charge in [0.2, 0.25) is 0 Å². The molecule has 0 saturated carbocycles. The fraction of sp³-hybridized carbons (Fsp3) is 0.478. The number of carboxylic acids is 1. The molecular formula is C23H28FN3O11P+. The van der Waals surface area contributed by atoms with Crippen molar-refractivity contribution in [2.45, 2.75) is 56.8 Å². The number of para-hydroxylation sites is 1. The molecule has 2 aromatic rings. The Balaban J connectivity index is 1.71. The third-order valence-electron chi connectivity index (χ3n) is 5.72. The zero-order valence-electron chi connectivity index (χ0n) is 21.0. The van der Waals surface area contributed by atoms with Crippen molar-refractivity contribution >= 4 is 20.1 Å². The van der Waals surface area contributed by atoms with Gasteiger partial charge in [-0.25, -0.2) is 9.18 Å². The van der Waals surface area contributed by atoms with Crippen LogP contribution in [0.2, 0.25) is 0 Å². The first-order valence-corrected chi connectivity index (χ1v) is 12.9. The van der Waals surface area contributed by atoms with Crippen LogP contribution in [0.4, 0.5) is 4.39 Å². The van der Waals surface area contributed by atoms with E-state index in [1.165, 1.54) is 19.1 Å². The molecule has 1 aliphatic heterocycles. The zero-order valence-corrected chi connectivity index (χ0v) is 21.9. The first-order chi connectivity index (χ1) is 18.4. The van der Waals surface area contributed by atoms with Crippen LogP contribution in [-0.2, 0) is 28.2 Å². The molecule has 6 atom stereocenters.